The Bertz CT molecular complexity index is 1130. The highest BCUT2D eigenvalue weighted by atomic mass is 32.2. The van der Waals surface area contributed by atoms with Crippen molar-refractivity contribution in [3.05, 3.63) is 95.1 Å². The molecular weight excluding hydrogens is 382 g/mol. The number of rotatable bonds is 3. The summed E-state index contributed by atoms with van der Waals surface area (Å²) >= 11 is 0. The monoisotopic (exact) mass is 400 g/mol. The number of nitrogens with one attached hydrogen (secondary N) is 1. The molecule has 0 spiro atoms. The standard InChI is InChI=1S/C21H18F2N2O2S/c1-14-6-8-15(9-7-14)13-25-21(16-10-11-17(22)18(23)12-16)24-19-4-2-3-5-20(19)28(25,26)27/h2-12,21,24H,13H2,1H3/t21-/m1/s1. The molecule has 1 heterocycles. The SMILES string of the molecule is Cc1ccc(CN2[C@H](c3ccc(F)c(F)c3)Nc3ccccc3S2(=O)=O)cc1. The van der Waals surface area contributed by atoms with Gasteiger partial charge in [0, 0.05) is 6.54 Å². The predicted molar refractivity (Wildman–Crippen MR) is 103 cm³/mol. The van der Waals surface area contributed by atoms with Gasteiger partial charge in [0.05, 0.1) is 5.69 Å². The minimum atomic E-state index is -3.86. The average molecular weight is 400 g/mol. The fourth-order valence-corrected chi connectivity index (χ4v) is 4.96. The van der Waals surface area contributed by atoms with E-state index < -0.39 is 27.8 Å². The molecule has 144 valence electrons. The molecule has 3 aromatic carbocycles. The Morgan fingerprint density at radius 2 is 1.68 bits per heavy atom. The van der Waals surface area contributed by atoms with Crippen LogP contribution in [0.3, 0.4) is 0 Å². The maximum Gasteiger partial charge on any atom is 0.247 e. The van der Waals surface area contributed by atoms with Gasteiger partial charge in [-0.25, -0.2) is 17.2 Å². The molecule has 1 aliphatic heterocycles. The van der Waals surface area contributed by atoms with E-state index in [0.717, 1.165) is 23.3 Å². The lowest BCUT2D eigenvalue weighted by molar-refractivity contribution is 0.335. The van der Waals surface area contributed by atoms with Gasteiger partial charge in [-0.2, -0.15) is 4.31 Å². The van der Waals surface area contributed by atoms with Crippen molar-refractivity contribution in [1.82, 2.24) is 4.31 Å². The molecule has 4 nitrogen and oxygen atoms in total. The number of fused-ring (bicyclic) bond motifs is 1. The van der Waals surface area contributed by atoms with Crippen LogP contribution < -0.4 is 5.32 Å². The molecule has 0 unspecified atom stereocenters. The number of hydrogen-bond donors (Lipinski definition) is 1. The highest BCUT2D eigenvalue weighted by Gasteiger charge is 2.39. The summed E-state index contributed by atoms with van der Waals surface area (Å²) in [7, 11) is -3.86. The van der Waals surface area contributed by atoms with Crippen LogP contribution in [0.5, 0.6) is 0 Å². The van der Waals surface area contributed by atoms with Gasteiger partial charge in [-0.1, -0.05) is 48.0 Å². The van der Waals surface area contributed by atoms with E-state index in [1.54, 1.807) is 18.2 Å². The summed E-state index contributed by atoms with van der Waals surface area (Å²) < 4.78 is 55.2. The van der Waals surface area contributed by atoms with E-state index in [-0.39, 0.29) is 11.4 Å². The summed E-state index contributed by atoms with van der Waals surface area (Å²) in [4.78, 5) is 0.154. The first-order valence-corrected chi connectivity index (χ1v) is 10.2. The summed E-state index contributed by atoms with van der Waals surface area (Å²) in [5, 5.41) is 3.15. The van der Waals surface area contributed by atoms with Crippen LogP contribution in [-0.2, 0) is 16.6 Å². The normalized spacial score (nSPS) is 18.3. The summed E-state index contributed by atoms with van der Waals surface area (Å²) in [5.41, 5.74) is 2.61. The fraction of sp³-hybridized carbons (Fsp3) is 0.143. The van der Waals surface area contributed by atoms with Gasteiger partial charge in [-0.05, 0) is 42.3 Å². The summed E-state index contributed by atoms with van der Waals surface area (Å²) in [6.07, 6.45) is -0.865. The van der Waals surface area contributed by atoms with E-state index in [1.807, 2.05) is 31.2 Å². The lowest BCUT2D eigenvalue weighted by atomic mass is 10.1. The van der Waals surface area contributed by atoms with Crippen LogP contribution >= 0.6 is 0 Å². The highest BCUT2D eigenvalue weighted by Crippen LogP contribution is 2.39. The second-order valence-electron chi connectivity index (χ2n) is 6.75. The third-order valence-corrected chi connectivity index (χ3v) is 6.64. The van der Waals surface area contributed by atoms with Gasteiger partial charge in [0.25, 0.3) is 0 Å². The Kier molecular flexibility index (Phi) is 4.64. The largest absolute Gasteiger partial charge is 0.364 e. The number of benzene rings is 3. The molecule has 0 bridgehead atoms. The van der Waals surface area contributed by atoms with Gasteiger partial charge < -0.3 is 5.32 Å². The van der Waals surface area contributed by atoms with Crippen LogP contribution in [0, 0.1) is 18.6 Å². The number of nitrogens with zero attached hydrogens (tertiary/aromatic N) is 1. The molecule has 0 radical (unpaired) electrons. The Morgan fingerprint density at radius 3 is 2.39 bits per heavy atom. The minimum Gasteiger partial charge on any atom is -0.364 e. The molecule has 0 amide bonds. The first-order chi connectivity index (χ1) is 13.4. The summed E-state index contributed by atoms with van der Waals surface area (Å²) in [6, 6.07) is 17.5. The van der Waals surface area contributed by atoms with Crippen LogP contribution in [0.1, 0.15) is 22.9 Å². The van der Waals surface area contributed by atoms with Gasteiger partial charge >= 0.3 is 0 Å². The van der Waals surface area contributed by atoms with Crippen molar-refractivity contribution >= 4 is 15.7 Å². The fourth-order valence-electron chi connectivity index (χ4n) is 3.28. The lowest BCUT2D eigenvalue weighted by Gasteiger charge is -2.37. The van der Waals surface area contributed by atoms with Crippen molar-refractivity contribution < 1.29 is 17.2 Å². The molecule has 3 aromatic rings. The molecule has 1 aliphatic rings. The molecule has 1 atom stereocenters. The van der Waals surface area contributed by atoms with Crippen molar-refractivity contribution in [3.63, 3.8) is 0 Å². The molecule has 0 fully saturated rings. The maximum atomic E-state index is 13.9. The van der Waals surface area contributed by atoms with Crippen LogP contribution in [0.25, 0.3) is 0 Å². The molecule has 7 heteroatoms. The Balaban J connectivity index is 1.83. The molecular formula is C21H18F2N2O2S. The van der Waals surface area contributed by atoms with Crippen molar-refractivity contribution in [2.45, 2.75) is 24.5 Å². The lowest BCUT2D eigenvalue weighted by Crippen LogP contribution is -2.42. The summed E-state index contributed by atoms with van der Waals surface area (Å²) in [6.45, 7) is 2.04. The zero-order valence-corrected chi connectivity index (χ0v) is 15.9. The van der Waals surface area contributed by atoms with Crippen LogP contribution in [0.2, 0.25) is 0 Å². The number of halogens is 2. The smallest absolute Gasteiger partial charge is 0.247 e. The Morgan fingerprint density at radius 1 is 0.964 bits per heavy atom. The summed E-state index contributed by atoms with van der Waals surface area (Å²) in [5.74, 6) is -2.00. The van der Waals surface area contributed by atoms with Gasteiger partial charge in [0.2, 0.25) is 10.0 Å². The van der Waals surface area contributed by atoms with E-state index >= 15 is 0 Å². The van der Waals surface area contributed by atoms with Crippen molar-refractivity contribution in [3.8, 4) is 0 Å². The van der Waals surface area contributed by atoms with Crippen LogP contribution in [0.4, 0.5) is 14.5 Å². The van der Waals surface area contributed by atoms with Gasteiger partial charge in [0.1, 0.15) is 11.1 Å². The van der Waals surface area contributed by atoms with Crippen molar-refractivity contribution in [2.75, 3.05) is 5.32 Å². The molecule has 1 N–H and O–H groups in total. The predicted octanol–water partition coefficient (Wildman–Crippen LogP) is 4.59. The van der Waals surface area contributed by atoms with Gasteiger partial charge in [-0.15, -0.1) is 0 Å². The van der Waals surface area contributed by atoms with E-state index in [2.05, 4.69) is 5.32 Å². The van der Waals surface area contributed by atoms with Crippen molar-refractivity contribution in [2.24, 2.45) is 0 Å². The first kappa shape index (κ1) is 18.6. The molecule has 28 heavy (non-hydrogen) atoms. The number of aryl methyl sites for hydroxylation is 1. The maximum absolute atomic E-state index is 13.9. The molecule has 0 aromatic heterocycles. The third-order valence-electron chi connectivity index (χ3n) is 4.77. The zero-order chi connectivity index (χ0) is 19.9. The van der Waals surface area contributed by atoms with Crippen LogP contribution in [-0.4, -0.2) is 12.7 Å². The minimum absolute atomic E-state index is 0.0909. The quantitative estimate of drug-likeness (QED) is 0.700. The number of sulfonamides is 1. The van der Waals surface area contributed by atoms with E-state index in [1.165, 1.54) is 16.4 Å². The third kappa shape index (κ3) is 3.27. The second kappa shape index (κ2) is 7.00. The Labute approximate surface area is 162 Å². The van der Waals surface area contributed by atoms with E-state index in [9.17, 15) is 17.2 Å². The molecule has 0 aliphatic carbocycles. The van der Waals surface area contributed by atoms with Crippen molar-refractivity contribution in [1.29, 1.82) is 0 Å². The molecule has 0 saturated heterocycles. The topological polar surface area (TPSA) is 49.4 Å². The second-order valence-corrected chi connectivity index (χ2v) is 8.61. The van der Waals surface area contributed by atoms with Gasteiger partial charge in [0.15, 0.2) is 11.6 Å². The van der Waals surface area contributed by atoms with Crippen LogP contribution in [0.15, 0.2) is 71.6 Å². The molecule has 4 rings (SSSR count). The number of hydrogen-bond acceptors (Lipinski definition) is 3. The number of anilines is 1. The van der Waals surface area contributed by atoms with Gasteiger partial charge in [-0.3, -0.25) is 0 Å². The molecule has 0 saturated carbocycles. The average Bonchev–Trinajstić information content (AvgIpc) is 2.68. The van der Waals surface area contributed by atoms with E-state index in [4.69, 9.17) is 0 Å². The zero-order valence-electron chi connectivity index (χ0n) is 15.1. The highest BCUT2D eigenvalue weighted by molar-refractivity contribution is 7.89. The van der Waals surface area contributed by atoms with E-state index in [0.29, 0.717) is 11.3 Å². The number of para-hydroxylation sites is 1. The first-order valence-electron chi connectivity index (χ1n) is 8.74. The Hall–Kier alpha value is -2.77.